The van der Waals surface area contributed by atoms with Crippen molar-refractivity contribution in [1.82, 2.24) is 10.3 Å². The lowest BCUT2D eigenvalue weighted by molar-refractivity contribution is -0.119. The Hall–Kier alpha value is -1.68. The lowest BCUT2D eigenvalue weighted by Crippen LogP contribution is -2.13. The molecule has 19 heavy (non-hydrogen) atoms. The number of hydrogen-bond donors (Lipinski definition) is 1. The molecule has 1 saturated heterocycles. The molecule has 3 rings (SSSR count). The molecule has 3 nitrogen and oxygen atoms in total. The third-order valence-electron chi connectivity index (χ3n) is 3.54. The Balaban J connectivity index is 1.86. The van der Waals surface area contributed by atoms with E-state index in [0.717, 1.165) is 22.8 Å². The van der Waals surface area contributed by atoms with Crippen LogP contribution in [0.25, 0.3) is 11.3 Å². The molecule has 0 bridgehead atoms. The van der Waals surface area contributed by atoms with Gasteiger partial charge in [0.05, 0.1) is 10.7 Å². The lowest BCUT2D eigenvalue weighted by Gasteiger charge is -2.08. The Labute approximate surface area is 116 Å². The number of carbonyl (C=O) groups is 1. The molecule has 0 saturated carbocycles. The van der Waals surface area contributed by atoms with Crippen LogP contribution in [0.1, 0.15) is 27.8 Å². The molecule has 0 radical (unpaired) electrons. The molecule has 1 aromatic heterocycles. The first-order chi connectivity index (χ1) is 9.13. The summed E-state index contributed by atoms with van der Waals surface area (Å²) in [5.41, 5.74) is 3.46. The van der Waals surface area contributed by atoms with E-state index in [1.807, 2.05) is 6.92 Å². The Kier molecular flexibility index (Phi) is 3.11. The van der Waals surface area contributed by atoms with Gasteiger partial charge in [0.2, 0.25) is 5.91 Å². The van der Waals surface area contributed by atoms with Crippen molar-refractivity contribution in [3.05, 3.63) is 39.7 Å². The van der Waals surface area contributed by atoms with Crippen LogP contribution in [0.3, 0.4) is 0 Å². The summed E-state index contributed by atoms with van der Waals surface area (Å²) < 4.78 is 0. The third-order valence-corrected chi connectivity index (χ3v) is 4.42. The summed E-state index contributed by atoms with van der Waals surface area (Å²) in [4.78, 5) is 17.1. The molecule has 1 atom stereocenters. The smallest absolute Gasteiger partial charge is 0.220 e. The van der Waals surface area contributed by atoms with E-state index in [2.05, 4.69) is 41.5 Å². The van der Waals surface area contributed by atoms with Gasteiger partial charge < -0.3 is 5.32 Å². The molecule has 1 unspecified atom stereocenters. The predicted molar refractivity (Wildman–Crippen MR) is 77.4 cm³/mol. The molecule has 1 N–H and O–H groups in total. The largest absolute Gasteiger partial charge is 0.355 e. The topological polar surface area (TPSA) is 42.0 Å². The average molecular weight is 272 g/mol. The molecule has 4 heteroatoms. The molecule has 1 aromatic carbocycles. The lowest BCUT2D eigenvalue weighted by atomic mass is 9.96. The fourth-order valence-electron chi connectivity index (χ4n) is 2.55. The van der Waals surface area contributed by atoms with Crippen molar-refractivity contribution < 1.29 is 4.79 Å². The van der Waals surface area contributed by atoms with Crippen molar-refractivity contribution in [2.45, 2.75) is 26.2 Å². The van der Waals surface area contributed by atoms with E-state index in [4.69, 9.17) is 0 Å². The van der Waals surface area contributed by atoms with Crippen LogP contribution in [-0.2, 0) is 4.79 Å². The van der Waals surface area contributed by atoms with E-state index >= 15 is 0 Å². The summed E-state index contributed by atoms with van der Waals surface area (Å²) in [6, 6.07) is 8.46. The van der Waals surface area contributed by atoms with Gasteiger partial charge in [-0.2, -0.15) is 0 Å². The van der Waals surface area contributed by atoms with Crippen LogP contribution < -0.4 is 5.32 Å². The quantitative estimate of drug-likeness (QED) is 0.913. The maximum absolute atomic E-state index is 11.2. The van der Waals surface area contributed by atoms with E-state index < -0.39 is 0 Å². The second-order valence-corrected chi connectivity index (χ2v) is 6.37. The van der Waals surface area contributed by atoms with E-state index in [1.165, 1.54) is 10.4 Å². The second-order valence-electron chi connectivity index (χ2n) is 4.96. The molecular weight excluding hydrogens is 256 g/mol. The first kappa shape index (κ1) is 12.4. The highest BCUT2D eigenvalue weighted by atomic mass is 32.1. The van der Waals surface area contributed by atoms with Crippen LogP contribution in [0.2, 0.25) is 0 Å². The Morgan fingerprint density at radius 1 is 1.26 bits per heavy atom. The maximum atomic E-state index is 11.2. The molecule has 1 aliphatic rings. The summed E-state index contributed by atoms with van der Waals surface area (Å²) in [5, 5.41) is 3.98. The van der Waals surface area contributed by atoms with Gasteiger partial charge in [-0.15, -0.1) is 11.3 Å². The van der Waals surface area contributed by atoms with Gasteiger partial charge in [0.15, 0.2) is 0 Å². The standard InChI is InChI=1S/C15H16N2OS/c1-9-15(17-10(2)19-9)12-5-3-11(4-6-12)13-7-14(18)16-8-13/h3-6,13H,7-8H2,1-2H3,(H,16,18). The number of rotatable bonds is 2. The van der Waals surface area contributed by atoms with Crippen LogP contribution in [0.5, 0.6) is 0 Å². The van der Waals surface area contributed by atoms with Crippen molar-refractivity contribution >= 4 is 17.2 Å². The number of hydrogen-bond acceptors (Lipinski definition) is 3. The zero-order valence-electron chi connectivity index (χ0n) is 11.1. The van der Waals surface area contributed by atoms with Gasteiger partial charge in [-0.25, -0.2) is 4.98 Å². The summed E-state index contributed by atoms with van der Waals surface area (Å²) in [6.07, 6.45) is 0.605. The number of aryl methyl sites for hydroxylation is 2. The van der Waals surface area contributed by atoms with Crippen molar-refractivity contribution in [1.29, 1.82) is 0 Å². The highest BCUT2D eigenvalue weighted by Crippen LogP contribution is 2.29. The highest BCUT2D eigenvalue weighted by Gasteiger charge is 2.22. The van der Waals surface area contributed by atoms with Crippen molar-refractivity contribution in [3.8, 4) is 11.3 Å². The van der Waals surface area contributed by atoms with Gasteiger partial charge in [-0.05, 0) is 19.4 Å². The fourth-order valence-corrected chi connectivity index (χ4v) is 3.39. The number of amides is 1. The average Bonchev–Trinajstić information content (AvgIpc) is 2.96. The summed E-state index contributed by atoms with van der Waals surface area (Å²) in [5.74, 6) is 0.472. The maximum Gasteiger partial charge on any atom is 0.220 e. The molecule has 1 amide bonds. The molecule has 0 aliphatic carbocycles. The predicted octanol–water partition coefficient (Wildman–Crippen LogP) is 3.03. The minimum atomic E-state index is 0.153. The molecule has 1 aliphatic heterocycles. The van der Waals surface area contributed by atoms with Crippen LogP contribution >= 0.6 is 11.3 Å². The van der Waals surface area contributed by atoms with Crippen LogP contribution in [-0.4, -0.2) is 17.4 Å². The number of nitrogens with zero attached hydrogens (tertiary/aromatic N) is 1. The molecular formula is C15H16N2OS. The van der Waals surface area contributed by atoms with Gasteiger partial charge >= 0.3 is 0 Å². The Morgan fingerprint density at radius 2 is 2.00 bits per heavy atom. The zero-order valence-corrected chi connectivity index (χ0v) is 11.9. The van der Waals surface area contributed by atoms with Gasteiger partial charge in [0, 0.05) is 29.3 Å². The third kappa shape index (κ3) is 2.40. The Bertz CT molecular complexity index is 616. The summed E-state index contributed by atoms with van der Waals surface area (Å²) in [7, 11) is 0. The number of aromatic nitrogens is 1. The van der Waals surface area contributed by atoms with Gasteiger partial charge in [0.1, 0.15) is 0 Å². The monoisotopic (exact) mass is 272 g/mol. The molecule has 0 spiro atoms. The van der Waals surface area contributed by atoms with Crippen molar-refractivity contribution in [2.75, 3.05) is 6.54 Å². The first-order valence-corrected chi connectivity index (χ1v) is 7.26. The van der Waals surface area contributed by atoms with Crippen LogP contribution in [0.15, 0.2) is 24.3 Å². The second kappa shape index (κ2) is 4.78. The summed E-state index contributed by atoms with van der Waals surface area (Å²) >= 11 is 1.73. The van der Waals surface area contributed by atoms with E-state index in [-0.39, 0.29) is 5.91 Å². The Morgan fingerprint density at radius 3 is 2.53 bits per heavy atom. The number of benzene rings is 1. The minimum absolute atomic E-state index is 0.153. The van der Waals surface area contributed by atoms with E-state index in [9.17, 15) is 4.79 Å². The fraction of sp³-hybridized carbons (Fsp3) is 0.333. The number of nitrogens with one attached hydrogen (secondary N) is 1. The van der Waals surface area contributed by atoms with Gasteiger partial charge in [0.25, 0.3) is 0 Å². The normalized spacial score (nSPS) is 18.6. The molecule has 2 aromatic rings. The van der Waals surface area contributed by atoms with Gasteiger partial charge in [-0.3, -0.25) is 4.79 Å². The number of thiazole rings is 1. The zero-order chi connectivity index (χ0) is 13.4. The molecule has 1 fully saturated rings. The first-order valence-electron chi connectivity index (χ1n) is 6.44. The highest BCUT2D eigenvalue weighted by molar-refractivity contribution is 7.11. The molecule has 98 valence electrons. The SMILES string of the molecule is Cc1nc(-c2ccc(C3CNC(=O)C3)cc2)c(C)s1. The summed E-state index contributed by atoms with van der Waals surface area (Å²) in [6.45, 7) is 4.89. The molecule has 2 heterocycles. The van der Waals surface area contributed by atoms with Crippen molar-refractivity contribution in [3.63, 3.8) is 0 Å². The van der Waals surface area contributed by atoms with Crippen LogP contribution in [0, 0.1) is 13.8 Å². The number of carbonyl (C=O) groups excluding carboxylic acids is 1. The minimum Gasteiger partial charge on any atom is -0.355 e. The van der Waals surface area contributed by atoms with Gasteiger partial charge in [-0.1, -0.05) is 24.3 Å². The van der Waals surface area contributed by atoms with E-state index in [1.54, 1.807) is 11.3 Å². The van der Waals surface area contributed by atoms with Crippen molar-refractivity contribution in [2.24, 2.45) is 0 Å². The van der Waals surface area contributed by atoms with Crippen LogP contribution in [0.4, 0.5) is 0 Å². The van der Waals surface area contributed by atoms with E-state index in [0.29, 0.717) is 12.3 Å².